The molecule has 3 rings (SSSR count). The van der Waals surface area contributed by atoms with E-state index in [4.69, 9.17) is 5.73 Å². The fraction of sp³-hybridized carbons (Fsp3) is 1.00. The summed E-state index contributed by atoms with van der Waals surface area (Å²) >= 11 is 0. The zero-order valence-corrected chi connectivity index (χ0v) is 5.82. The van der Waals surface area contributed by atoms with Gasteiger partial charge in [-0.25, -0.2) is 8.42 Å². The largest absolute Gasteiger partial charge is 0.324 e. The molecule has 0 aromatic carbocycles. The lowest BCUT2D eigenvalue weighted by atomic mass is 9.80. The summed E-state index contributed by atoms with van der Waals surface area (Å²) in [6.45, 7) is 0. The maximum absolute atomic E-state index is 10.9. The number of rotatable bonds is 0. The molecule has 0 atom stereocenters. The average molecular weight is 147 g/mol. The van der Waals surface area contributed by atoms with Crippen molar-refractivity contribution in [1.82, 2.24) is 0 Å². The van der Waals surface area contributed by atoms with Crippen LogP contribution in [0.1, 0.15) is 12.8 Å². The molecule has 3 aliphatic rings. The third kappa shape index (κ3) is 0.576. The van der Waals surface area contributed by atoms with Crippen LogP contribution in [-0.2, 0) is 9.84 Å². The van der Waals surface area contributed by atoms with Crippen molar-refractivity contribution in [3.05, 3.63) is 0 Å². The van der Waals surface area contributed by atoms with Crippen LogP contribution in [0.5, 0.6) is 0 Å². The van der Waals surface area contributed by atoms with E-state index in [1.165, 1.54) is 0 Å². The van der Waals surface area contributed by atoms with Crippen molar-refractivity contribution in [2.45, 2.75) is 23.6 Å². The quantitative estimate of drug-likeness (QED) is 0.491. The van der Waals surface area contributed by atoms with E-state index in [0.717, 1.165) is 0 Å². The molecule has 2 heterocycles. The molecule has 0 unspecified atom stereocenters. The molecule has 2 aliphatic heterocycles. The van der Waals surface area contributed by atoms with Crippen LogP contribution in [0.3, 0.4) is 0 Å². The van der Waals surface area contributed by atoms with E-state index in [1.807, 2.05) is 0 Å². The Morgan fingerprint density at radius 3 is 2.11 bits per heavy atom. The Balaban J connectivity index is 2.44. The second-order valence-corrected chi connectivity index (χ2v) is 5.48. The molecule has 1 aliphatic carbocycles. The van der Waals surface area contributed by atoms with E-state index in [9.17, 15) is 8.42 Å². The topological polar surface area (TPSA) is 60.2 Å². The van der Waals surface area contributed by atoms with Gasteiger partial charge in [0, 0.05) is 5.54 Å². The highest BCUT2D eigenvalue weighted by atomic mass is 32.2. The van der Waals surface area contributed by atoms with Crippen molar-refractivity contribution >= 4 is 9.84 Å². The van der Waals surface area contributed by atoms with Gasteiger partial charge in [0.15, 0.2) is 9.84 Å². The van der Waals surface area contributed by atoms with Gasteiger partial charge in [-0.2, -0.15) is 0 Å². The standard InChI is InChI=1S/C5H9NO2S/c6-5-1-4(2-5)9(7,8)3-5/h4H,1-3,6H2. The SMILES string of the molecule is NC12CC(C1)S(=O)(=O)C2. The van der Waals surface area contributed by atoms with E-state index < -0.39 is 9.84 Å². The Labute approximate surface area is 54.2 Å². The Morgan fingerprint density at radius 1 is 1.44 bits per heavy atom. The molecule has 2 bridgehead atoms. The van der Waals surface area contributed by atoms with Crippen LogP contribution in [0.4, 0.5) is 0 Å². The van der Waals surface area contributed by atoms with Gasteiger partial charge in [0.1, 0.15) is 0 Å². The number of hydrogen-bond acceptors (Lipinski definition) is 3. The molecule has 2 N–H and O–H groups in total. The van der Waals surface area contributed by atoms with Crippen molar-refractivity contribution in [2.24, 2.45) is 5.73 Å². The van der Waals surface area contributed by atoms with Crippen LogP contribution in [0.15, 0.2) is 0 Å². The first kappa shape index (κ1) is 5.68. The van der Waals surface area contributed by atoms with Gasteiger partial charge >= 0.3 is 0 Å². The molecule has 52 valence electrons. The minimum Gasteiger partial charge on any atom is -0.324 e. The molecule has 2 saturated heterocycles. The van der Waals surface area contributed by atoms with Crippen LogP contribution in [0, 0.1) is 0 Å². The predicted molar refractivity (Wildman–Crippen MR) is 33.7 cm³/mol. The van der Waals surface area contributed by atoms with Gasteiger partial charge in [0.2, 0.25) is 0 Å². The molecule has 3 fully saturated rings. The average Bonchev–Trinajstić information content (AvgIpc) is 1.83. The van der Waals surface area contributed by atoms with E-state index in [2.05, 4.69) is 0 Å². The molecular weight excluding hydrogens is 138 g/mol. The van der Waals surface area contributed by atoms with Crippen LogP contribution in [-0.4, -0.2) is 25.0 Å². The molecule has 0 radical (unpaired) electrons. The van der Waals surface area contributed by atoms with Gasteiger partial charge in [0.05, 0.1) is 11.0 Å². The molecule has 0 spiro atoms. The molecular formula is C5H9NO2S. The first-order valence-corrected chi connectivity index (χ1v) is 4.74. The monoisotopic (exact) mass is 147 g/mol. The van der Waals surface area contributed by atoms with E-state index >= 15 is 0 Å². The molecule has 0 aromatic rings. The molecule has 3 nitrogen and oxygen atoms in total. The van der Waals surface area contributed by atoms with E-state index in [1.54, 1.807) is 0 Å². The maximum atomic E-state index is 10.9. The summed E-state index contributed by atoms with van der Waals surface area (Å²) < 4.78 is 21.9. The minimum absolute atomic E-state index is 0.0810. The highest BCUT2D eigenvalue weighted by Crippen LogP contribution is 2.44. The van der Waals surface area contributed by atoms with Crippen molar-refractivity contribution in [3.63, 3.8) is 0 Å². The first-order chi connectivity index (χ1) is 4.02. The third-order valence-electron chi connectivity index (χ3n) is 2.26. The van der Waals surface area contributed by atoms with Gasteiger partial charge in [-0.1, -0.05) is 0 Å². The maximum Gasteiger partial charge on any atom is 0.155 e. The summed E-state index contributed by atoms with van der Waals surface area (Å²) in [6.07, 6.45) is 1.41. The fourth-order valence-electron chi connectivity index (χ4n) is 1.74. The van der Waals surface area contributed by atoms with Crippen molar-refractivity contribution in [1.29, 1.82) is 0 Å². The lowest BCUT2D eigenvalue weighted by molar-refractivity contribution is 0.320. The van der Waals surface area contributed by atoms with Crippen molar-refractivity contribution in [3.8, 4) is 0 Å². The lowest BCUT2D eigenvalue weighted by Gasteiger charge is -2.30. The van der Waals surface area contributed by atoms with Crippen LogP contribution in [0.2, 0.25) is 0 Å². The van der Waals surface area contributed by atoms with E-state index in [0.29, 0.717) is 12.8 Å². The van der Waals surface area contributed by atoms with Gasteiger partial charge in [-0.3, -0.25) is 0 Å². The molecule has 0 aromatic heterocycles. The van der Waals surface area contributed by atoms with Gasteiger partial charge in [-0.15, -0.1) is 0 Å². The number of fused-ring (bicyclic) bond motifs is 1. The Bertz CT molecular complexity index is 238. The summed E-state index contributed by atoms with van der Waals surface area (Å²) in [5, 5.41) is -0.0810. The highest BCUT2D eigenvalue weighted by Gasteiger charge is 2.57. The molecule has 1 saturated carbocycles. The Kier molecular flexibility index (Phi) is 0.743. The molecule has 0 amide bonds. The van der Waals surface area contributed by atoms with Crippen LogP contribution in [0.25, 0.3) is 0 Å². The van der Waals surface area contributed by atoms with Gasteiger partial charge in [0.25, 0.3) is 0 Å². The minimum atomic E-state index is -2.73. The first-order valence-electron chi connectivity index (χ1n) is 3.02. The molecule has 4 heteroatoms. The zero-order chi connectivity index (χ0) is 6.70. The summed E-state index contributed by atoms with van der Waals surface area (Å²) in [4.78, 5) is 0. The zero-order valence-electron chi connectivity index (χ0n) is 5.00. The predicted octanol–water partition coefficient (Wildman–Crippen LogP) is -0.725. The van der Waals surface area contributed by atoms with Crippen molar-refractivity contribution in [2.75, 3.05) is 5.75 Å². The van der Waals surface area contributed by atoms with Gasteiger partial charge < -0.3 is 5.73 Å². The second-order valence-electron chi connectivity index (χ2n) is 3.20. The number of hydrogen-bond donors (Lipinski definition) is 1. The highest BCUT2D eigenvalue weighted by molar-refractivity contribution is 7.92. The van der Waals surface area contributed by atoms with E-state index in [-0.39, 0.29) is 16.5 Å². The second kappa shape index (κ2) is 1.18. The fourth-order valence-corrected chi connectivity index (χ4v) is 4.18. The summed E-state index contributed by atoms with van der Waals surface area (Å²) in [5.74, 6) is 0.227. The number of sulfone groups is 1. The summed E-state index contributed by atoms with van der Waals surface area (Å²) in [7, 11) is -2.73. The smallest absolute Gasteiger partial charge is 0.155 e. The normalized spacial score (nSPS) is 52.8. The summed E-state index contributed by atoms with van der Waals surface area (Å²) in [6, 6.07) is 0. The van der Waals surface area contributed by atoms with Crippen LogP contribution >= 0.6 is 0 Å². The van der Waals surface area contributed by atoms with Crippen molar-refractivity contribution < 1.29 is 8.42 Å². The third-order valence-corrected chi connectivity index (χ3v) is 4.59. The van der Waals surface area contributed by atoms with Crippen LogP contribution < -0.4 is 5.73 Å². The number of nitrogens with two attached hydrogens (primary N) is 1. The lowest BCUT2D eigenvalue weighted by Crippen LogP contribution is -2.48. The molecule has 9 heavy (non-hydrogen) atoms. The van der Waals surface area contributed by atoms with Gasteiger partial charge in [-0.05, 0) is 12.8 Å². The summed E-state index contributed by atoms with van der Waals surface area (Å²) in [5.41, 5.74) is 5.32. The Hall–Kier alpha value is -0.0900. The Morgan fingerprint density at radius 2 is 2.00 bits per heavy atom.